The van der Waals surface area contributed by atoms with Crippen molar-refractivity contribution in [2.24, 2.45) is 4.99 Å². The molecule has 0 saturated carbocycles. The van der Waals surface area contributed by atoms with E-state index < -0.39 is 5.97 Å². The van der Waals surface area contributed by atoms with Crippen molar-refractivity contribution in [3.05, 3.63) is 118 Å². The van der Waals surface area contributed by atoms with Gasteiger partial charge in [-0.15, -0.1) is 0 Å². The number of fused-ring (bicyclic) bond motifs is 1. The number of benzene rings is 4. The summed E-state index contributed by atoms with van der Waals surface area (Å²) in [5.74, 6) is 0.485. The smallest absolute Gasteiger partial charge is 0.363 e. The maximum atomic E-state index is 12.3. The van der Waals surface area contributed by atoms with E-state index in [0.29, 0.717) is 22.9 Å². The van der Waals surface area contributed by atoms with Crippen molar-refractivity contribution in [2.75, 3.05) is 0 Å². The van der Waals surface area contributed by atoms with Crippen LogP contribution in [0.3, 0.4) is 0 Å². The SMILES string of the molecule is O=C1OC(c2ccc(Cl)cc2)=N/C1=C/c1cccc(OCc2cccc3ccccc23)c1. The molecule has 4 nitrogen and oxygen atoms in total. The number of hydrogen-bond acceptors (Lipinski definition) is 4. The zero-order chi connectivity index (χ0) is 21.9. The van der Waals surface area contributed by atoms with Crippen LogP contribution < -0.4 is 4.74 Å². The highest BCUT2D eigenvalue weighted by atomic mass is 35.5. The summed E-state index contributed by atoms with van der Waals surface area (Å²) in [7, 11) is 0. The fraction of sp³-hybridized carbons (Fsp3) is 0.0370. The second-order valence-corrected chi connectivity index (χ2v) is 7.78. The van der Waals surface area contributed by atoms with E-state index in [2.05, 4.69) is 29.3 Å². The Bertz CT molecular complexity index is 1370. The molecule has 0 amide bonds. The molecule has 0 aliphatic carbocycles. The summed E-state index contributed by atoms with van der Waals surface area (Å²) in [5, 5.41) is 2.96. The molecule has 156 valence electrons. The van der Waals surface area contributed by atoms with Gasteiger partial charge in [-0.2, -0.15) is 0 Å². The highest BCUT2D eigenvalue weighted by Gasteiger charge is 2.24. The second-order valence-electron chi connectivity index (χ2n) is 7.34. The molecule has 0 atom stereocenters. The lowest BCUT2D eigenvalue weighted by Crippen LogP contribution is -2.05. The van der Waals surface area contributed by atoms with Crippen LogP contribution >= 0.6 is 11.6 Å². The number of aliphatic imine (C=N–C) groups is 1. The van der Waals surface area contributed by atoms with Gasteiger partial charge in [0, 0.05) is 10.6 Å². The summed E-state index contributed by atoms with van der Waals surface area (Å²) < 4.78 is 11.4. The largest absolute Gasteiger partial charge is 0.489 e. The lowest BCUT2D eigenvalue weighted by molar-refractivity contribution is -0.129. The Morgan fingerprint density at radius 1 is 0.906 bits per heavy atom. The number of hydrogen-bond donors (Lipinski definition) is 0. The van der Waals surface area contributed by atoms with E-state index in [1.54, 1.807) is 30.3 Å². The number of cyclic esters (lactones) is 1. The van der Waals surface area contributed by atoms with Gasteiger partial charge in [-0.3, -0.25) is 0 Å². The van der Waals surface area contributed by atoms with Crippen LogP contribution in [-0.4, -0.2) is 11.9 Å². The zero-order valence-electron chi connectivity index (χ0n) is 17.0. The molecule has 32 heavy (non-hydrogen) atoms. The molecule has 0 aromatic heterocycles. The molecular weight excluding hydrogens is 422 g/mol. The van der Waals surface area contributed by atoms with Gasteiger partial charge in [0.15, 0.2) is 5.70 Å². The van der Waals surface area contributed by atoms with E-state index in [1.165, 1.54) is 10.8 Å². The number of ether oxygens (including phenoxy) is 2. The first-order valence-corrected chi connectivity index (χ1v) is 10.5. The molecule has 1 aliphatic rings. The van der Waals surface area contributed by atoms with Crippen molar-refractivity contribution < 1.29 is 14.3 Å². The molecule has 0 unspecified atom stereocenters. The Kier molecular flexibility index (Phi) is 5.44. The number of esters is 1. The molecule has 0 N–H and O–H groups in total. The maximum Gasteiger partial charge on any atom is 0.363 e. The van der Waals surface area contributed by atoms with Gasteiger partial charge in [-0.1, -0.05) is 66.2 Å². The zero-order valence-corrected chi connectivity index (χ0v) is 17.8. The van der Waals surface area contributed by atoms with Crippen molar-refractivity contribution >= 4 is 40.3 Å². The first-order valence-electron chi connectivity index (χ1n) is 10.1. The highest BCUT2D eigenvalue weighted by molar-refractivity contribution is 6.30. The highest BCUT2D eigenvalue weighted by Crippen LogP contribution is 2.24. The molecule has 0 fully saturated rings. The standard InChI is InChI=1S/C27H18ClNO3/c28-22-13-11-20(12-14-22)26-29-25(27(30)32-26)16-18-5-3-9-23(15-18)31-17-21-8-4-7-19-6-1-2-10-24(19)21/h1-16H,17H2/b25-16+. The summed E-state index contributed by atoms with van der Waals surface area (Å²) >= 11 is 5.92. The first kappa shape index (κ1) is 20.0. The van der Waals surface area contributed by atoms with E-state index in [-0.39, 0.29) is 11.6 Å². The molecule has 0 bridgehead atoms. The Morgan fingerprint density at radius 3 is 2.56 bits per heavy atom. The van der Waals surface area contributed by atoms with E-state index in [4.69, 9.17) is 21.1 Å². The van der Waals surface area contributed by atoms with E-state index in [1.807, 2.05) is 42.5 Å². The Hall–Kier alpha value is -3.89. The van der Waals surface area contributed by atoms with Gasteiger partial charge in [-0.25, -0.2) is 9.79 Å². The summed E-state index contributed by atoms with van der Waals surface area (Å²) in [5.41, 5.74) is 2.84. The monoisotopic (exact) mass is 439 g/mol. The summed E-state index contributed by atoms with van der Waals surface area (Å²) in [4.78, 5) is 16.6. The molecule has 0 saturated heterocycles. The average Bonchev–Trinajstić information content (AvgIpc) is 3.18. The Labute approximate surface area is 190 Å². The van der Waals surface area contributed by atoms with Crippen LogP contribution in [-0.2, 0) is 16.1 Å². The number of carbonyl (C=O) groups excluding carboxylic acids is 1. The van der Waals surface area contributed by atoms with Gasteiger partial charge in [0.05, 0.1) is 0 Å². The van der Waals surface area contributed by atoms with Crippen molar-refractivity contribution in [3.63, 3.8) is 0 Å². The van der Waals surface area contributed by atoms with Gasteiger partial charge >= 0.3 is 5.97 Å². The molecule has 5 heteroatoms. The summed E-state index contributed by atoms with van der Waals surface area (Å²) in [6.07, 6.45) is 1.69. The molecule has 4 aromatic rings. The normalized spacial score (nSPS) is 14.5. The molecule has 0 radical (unpaired) electrons. The fourth-order valence-corrected chi connectivity index (χ4v) is 3.68. The van der Waals surface area contributed by atoms with Gasteiger partial charge in [0.1, 0.15) is 12.4 Å². The predicted octanol–water partition coefficient (Wildman–Crippen LogP) is 6.42. The van der Waals surface area contributed by atoms with Crippen LogP contribution in [0.2, 0.25) is 5.02 Å². The predicted molar refractivity (Wildman–Crippen MR) is 127 cm³/mol. The molecule has 1 heterocycles. The number of carbonyl (C=O) groups is 1. The van der Waals surface area contributed by atoms with Crippen molar-refractivity contribution in [2.45, 2.75) is 6.61 Å². The molecule has 0 spiro atoms. The van der Waals surface area contributed by atoms with Crippen molar-refractivity contribution in [1.29, 1.82) is 0 Å². The topological polar surface area (TPSA) is 47.9 Å². The van der Waals surface area contributed by atoms with E-state index >= 15 is 0 Å². The van der Waals surface area contributed by atoms with Crippen molar-refractivity contribution in [3.8, 4) is 5.75 Å². The van der Waals surface area contributed by atoms with Crippen LogP contribution in [0.5, 0.6) is 5.75 Å². The van der Waals surface area contributed by atoms with Crippen LogP contribution in [0.15, 0.2) is 102 Å². The number of rotatable bonds is 5. The maximum absolute atomic E-state index is 12.3. The lowest BCUT2D eigenvalue weighted by Gasteiger charge is -2.09. The third-order valence-electron chi connectivity index (χ3n) is 5.15. The minimum Gasteiger partial charge on any atom is -0.489 e. The number of halogens is 1. The summed E-state index contributed by atoms with van der Waals surface area (Å²) in [6, 6.07) is 28.9. The Balaban J connectivity index is 1.35. The van der Waals surface area contributed by atoms with Gasteiger partial charge < -0.3 is 9.47 Å². The van der Waals surface area contributed by atoms with Gasteiger partial charge in [0.25, 0.3) is 0 Å². The van der Waals surface area contributed by atoms with Gasteiger partial charge in [0.2, 0.25) is 5.90 Å². The van der Waals surface area contributed by atoms with Gasteiger partial charge in [-0.05, 0) is 64.4 Å². The molecule has 4 aromatic carbocycles. The fourth-order valence-electron chi connectivity index (χ4n) is 3.56. The molecular formula is C27H18ClNO3. The second kappa shape index (κ2) is 8.69. The van der Waals surface area contributed by atoms with E-state index in [9.17, 15) is 4.79 Å². The number of nitrogens with zero attached hydrogens (tertiary/aromatic N) is 1. The summed E-state index contributed by atoms with van der Waals surface area (Å²) in [6.45, 7) is 0.447. The van der Waals surface area contributed by atoms with E-state index in [0.717, 1.165) is 11.1 Å². The third kappa shape index (κ3) is 4.27. The quantitative estimate of drug-likeness (QED) is 0.266. The minimum absolute atomic E-state index is 0.237. The molecule has 1 aliphatic heterocycles. The van der Waals surface area contributed by atoms with Crippen LogP contribution in [0, 0.1) is 0 Å². The first-order chi connectivity index (χ1) is 15.7. The van der Waals surface area contributed by atoms with Crippen LogP contribution in [0.25, 0.3) is 16.8 Å². The third-order valence-corrected chi connectivity index (χ3v) is 5.40. The minimum atomic E-state index is -0.489. The van der Waals surface area contributed by atoms with Crippen LogP contribution in [0.4, 0.5) is 0 Å². The average molecular weight is 440 g/mol. The van der Waals surface area contributed by atoms with Crippen LogP contribution in [0.1, 0.15) is 16.7 Å². The Morgan fingerprint density at radius 2 is 1.69 bits per heavy atom. The van der Waals surface area contributed by atoms with Crippen molar-refractivity contribution in [1.82, 2.24) is 0 Å². The lowest BCUT2D eigenvalue weighted by atomic mass is 10.1. The molecule has 5 rings (SSSR count).